The third kappa shape index (κ3) is 11.7. The molecule has 2 aromatic rings. The zero-order valence-corrected chi connectivity index (χ0v) is 34.2. The zero-order chi connectivity index (χ0) is 39.5. The van der Waals surface area contributed by atoms with Crippen LogP contribution in [0.1, 0.15) is 149 Å². The minimum atomic E-state index is -0.418. The highest BCUT2D eigenvalue weighted by atomic mass is 16.7. The molecular weight excluding hydrogens is 720 g/mol. The Morgan fingerprint density at radius 3 is 1.21 bits per heavy atom. The molecule has 0 aromatic heterocycles. The molecule has 2 saturated heterocycles. The van der Waals surface area contributed by atoms with Crippen LogP contribution in [-0.4, -0.2) is 90.2 Å². The van der Waals surface area contributed by atoms with Crippen LogP contribution in [0.3, 0.4) is 0 Å². The normalized spacial score (nSPS) is 17.9. The highest BCUT2D eigenvalue weighted by Gasteiger charge is 2.41. The van der Waals surface area contributed by atoms with Gasteiger partial charge in [-0.25, -0.2) is 0 Å². The summed E-state index contributed by atoms with van der Waals surface area (Å²) >= 11 is 0. The molecule has 2 heterocycles. The number of hydrogen-bond acceptors (Lipinski definition) is 12. The highest BCUT2D eigenvalue weighted by Crippen LogP contribution is 2.51. The molecule has 0 amide bonds. The quantitative estimate of drug-likeness (QED) is 0.0721. The molecule has 5 rings (SSSR count). The van der Waals surface area contributed by atoms with Crippen molar-refractivity contribution in [3.63, 3.8) is 0 Å². The summed E-state index contributed by atoms with van der Waals surface area (Å²) in [5, 5.41) is 0. The van der Waals surface area contributed by atoms with E-state index in [0.717, 1.165) is 89.9 Å². The van der Waals surface area contributed by atoms with Crippen LogP contribution < -0.4 is 28.4 Å². The van der Waals surface area contributed by atoms with Crippen molar-refractivity contribution in [1.82, 2.24) is 0 Å². The summed E-state index contributed by atoms with van der Waals surface area (Å²) < 4.78 is 61.6. The average molecular weight is 785 g/mol. The second-order valence-electron chi connectivity index (χ2n) is 14.4. The highest BCUT2D eigenvalue weighted by molar-refractivity contribution is 6.31. The minimum Gasteiger partial charge on any atom is -0.490 e. The molecule has 2 aliphatic heterocycles. The van der Waals surface area contributed by atoms with Crippen LogP contribution >= 0.6 is 0 Å². The lowest BCUT2D eigenvalue weighted by atomic mass is 9.82. The van der Waals surface area contributed by atoms with Gasteiger partial charge in [-0.3, -0.25) is 9.59 Å². The van der Waals surface area contributed by atoms with Gasteiger partial charge in [0.2, 0.25) is 11.5 Å². The van der Waals surface area contributed by atoms with Crippen molar-refractivity contribution in [3.8, 4) is 34.5 Å². The maximum atomic E-state index is 15.0. The number of ether oxygens (including phenoxy) is 10. The number of ketones is 2. The molecule has 2 unspecified atom stereocenters. The standard InChI is InChI=1S/C44H64O12/c1-5-9-19-47-33-29-31-37(43(41(33)53-21-11-7-3)55-27-25-51-35-17-13-15-23-49-35)40(46)32-30-34(48-20-10-6-2)42(54-22-12-8-4)44(38(32)39(31)45)56-28-26-52-36-18-14-16-24-50-36/h29-30,35-36H,5-28H2,1-4H3. The fraction of sp³-hybridized carbons (Fsp3) is 0.682. The molecule has 2 fully saturated rings. The number of fused-ring (bicyclic) bond motifs is 2. The number of hydrogen-bond donors (Lipinski definition) is 0. The van der Waals surface area contributed by atoms with E-state index in [2.05, 4.69) is 27.7 Å². The number of carbonyl (C=O) groups excluding carboxylic acids is 2. The molecular formula is C44H64O12. The predicted octanol–water partition coefficient (Wildman–Crippen LogP) is 9.02. The van der Waals surface area contributed by atoms with E-state index in [1.165, 1.54) is 0 Å². The topological polar surface area (TPSA) is 126 Å². The lowest BCUT2D eigenvalue weighted by Crippen LogP contribution is -2.27. The van der Waals surface area contributed by atoms with Crippen molar-refractivity contribution in [1.29, 1.82) is 0 Å². The summed E-state index contributed by atoms with van der Waals surface area (Å²) in [6, 6.07) is 3.23. The molecule has 2 atom stereocenters. The van der Waals surface area contributed by atoms with Crippen molar-refractivity contribution in [3.05, 3.63) is 34.4 Å². The van der Waals surface area contributed by atoms with Crippen LogP contribution in [0, 0.1) is 0 Å². The van der Waals surface area contributed by atoms with Gasteiger partial charge in [-0.05, 0) is 76.3 Å². The van der Waals surface area contributed by atoms with E-state index in [-0.39, 0.29) is 72.8 Å². The van der Waals surface area contributed by atoms with Gasteiger partial charge in [0.15, 0.2) is 47.1 Å². The molecule has 1 aliphatic carbocycles. The second-order valence-corrected chi connectivity index (χ2v) is 14.4. The fourth-order valence-electron chi connectivity index (χ4n) is 6.70. The van der Waals surface area contributed by atoms with Gasteiger partial charge in [-0.15, -0.1) is 0 Å². The predicted molar refractivity (Wildman–Crippen MR) is 211 cm³/mol. The van der Waals surface area contributed by atoms with Gasteiger partial charge in [0, 0.05) is 24.3 Å². The average Bonchev–Trinajstić information content (AvgIpc) is 3.22. The summed E-state index contributed by atoms with van der Waals surface area (Å²) in [4.78, 5) is 30.0. The first-order valence-corrected chi connectivity index (χ1v) is 21.3. The molecule has 2 aromatic carbocycles. The van der Waals surface area contributed by atoms with E-state index in [0.29, 0.717) is 62.6 Å². The molecule has 0 saturated carbocycles. The molecule has 312 valence electrons. The summed E-state index contributed by atoms with van der Waals surface area (Å²) in [7, 11) is 0. The summed E-state index contributed by atoms with van der Waals surface area (Å²) in [6.07, 6.45) is 11.8. The Labute approximate surface area is 333 Å². The number of unbranched alkanes of at least 4 members (excludes halogenated alkanes) is 4. The van der Waals surface area contributed by atoms with E-state index >= 15 is 0 Å². The van der Waals surface area contributed by atoms with Crippen molar-refractivity contribution < 1.29 is 57.0 Å². The van der Waals surface area contributed by atoms with E-state index in [1.807, 2.05) is 0 Å². The maximum Gasteiger partial charge on any atom is 0.204 e. The molecule has 0 bridgehead atoms. The molecule has 12 heteroatoms. The van der Waals surface area contributed by atoms with Gasteiger partial charge in [0.25, 0.3) is 0 Å². The van der Waals surface area contributed by atoms with E-state index in [1.54, 1.807) is 12.1 Å². The monoisotopic (exact) mass is 784 g/mol. The third-order valence-corrected chi connectivity index (χ3v) is 9.89. The third-order valence-electron chi connectivity index (χ3n) is 9.89. The lowest BCUT2D eigenvalue weighted by Gasteiger charge is -2.28. The molecule has 56 heavy (non-hydrogen) atoms. The minimum absolute atomic E-state index is 0.0951. The van der Waals surface area contributed by atoms with Crippen molar-refractivity contribution in [2.75, 3.05) is 66.1 Å². The zero-order valence-electron chi connectivity index (χ0n) is 34.2. The van der Waals surface area contributed by atoms with Crippen LogP contribution in [0.15, 0.2) is 12.1 Å². The summed E-state index contributed by atoms with van der Waals surface area (Å²) in [6.45, 7) is 11.8. The number of carbonyl (C=O) groups is 2. The Bertz CT molecular complexity index is 1420. The summed E-state index contributed by atoms with van der Waals surface area (Å²) in [5.74, 6) is 0.745. The molecule has 0 spiro atoms. The van der Waals surface area contributed by atoms with Gasteiger partial charge in [-0.1, -0.05) is 53.4 Å². The van der Waals surface area contributed by atoms with Crippen LogP contribution in [-0.2, 0) is 18.9 Å². The lowest BCUT2D eigenvalue weighted by molar-refractivity contribution is -0.165. The fourth-order valence-corrected chi connectivity index (χ4v) is 6.70. The number of rotatable bonds is 26. The van der Waals surface area contributed by atoms with Crippen molar-refractivity contribution in [2.45, 2.75) is 130 Å². The Hall–Kier alpha value is -3.58. The molecule has 3 aliphatic rings. The Kier molecular flexibility index (Phi) is 18.4. The number of benzene rings is 2. The van der Waals surface area contributed by atoms with Crippen molar-refractivity contribution in [2.24, 2.45) is 0 Å². The van der Waals surface area contributed by atoms with Crippen LogP contribution in [0.25, 0.3) is 0 Å². The Balaban J connectivity index is 1.58. The Morgan fingerprint density at radius 1 is 0.482 bits per heavy atom. The molecule has 0 N–H and O–H groups in total. The van der Waals surface area contributed by atoms with Gasteiger partial charge in [-0.2, -0.15) is 0 Å². The SMILES string of the molecule is CCCCOc1cc2c(c(OCCOC3CCCCO3)c1OCCCC)C(=O)c1cc(OCCCC)c(OCCCC)c(OCCOC3CCCCO3)c1C2=O. The largest absolute Gasteiger partial charge is 0.490 e. The Morgan fingerprint density at radius 2 is 0.857 bits per heavy atom. The van der Waals surface area contributed by atoms with Gasteiger partial charge < -0.3 is 47.4 Å². The van der Waals surface area contributed by atoms with Crippen molar-refractivity contribution >= 4 is 11.6 Å². The van der Waals surface area contributed by atoms with Crippen LogP contribution in [0.5, 0.6) is 34.5 Å². The van der Waals surface area contributed by atoms with E-state index in [4.69, 9.17) is 47.4 Å². The van der Waals surface area contributed by atoms with Gasteiger partial charge in [0.05, 0.1) is 50.8 Å². The first kappa shape index (κ1) is 43.5. The van der Waals surface area contributed by atoms with Crippen LogP contribution in [0.4, 0.5) is 0 Å². The van der Waals surface area contributed by atoms with Gasteiger partial charge in [0.1, 0.15) is 13.2 Å². The first-order valence-electron chi connectivity index (χ1n) is 21.3. The van der Waals surface area contributed by atoms with E-state index in [9.17, 15) is 9.59 Å². The van der Waals surface area contributed by atoms with Gasteiger partial charge >= 0.3 is 0 Å². The first-order chi connectivity index (χ1) is 27.5. The summed E-state index contributed by atoms with van der Waals surface area (Å²) in [5.41, 5.74) is 0.487. The molecule has 12 nitrogen and oxygen atoms in total. The molecule has 0 radical (unpaired) electrons. The van der Waals surface area contributed by atoms with Crippen LogP contribution in [0.2, 0.25) is 0 Å². The smallest absolute Gasteiger partial charge is 0.204 e. The van der Waals surface area contributed by atoms with E-state index < -0.39 is 11.6 Å². The second kappa shape index (κ2) is 23.6. The maximum absolute atomic E-state index is 15.0.